The van der Waals surface area contributed by atoms with Crippen LogP contribution in [0.5, 0.6) is 0 Å². The van der Waals surface area contributed by atoms with Crippen LogP contribution in [0.2, 0.25) is 0 Å². The molecule has 1 rings (SSSR count). The number of nitrogens with zero attached hydrogens (tertiary/aromatic N) is 1. The van der Waals surface area contributed by atoms with Crippen LogP contribution in [0.25, 0.3) is 0 Å². The Morgan fingerprint density at radius 2 is 2.36 bits per heavy atom. The number of hydrogen-bond acceptors (Lipinski definition) is 4. The highest BCUT2D eigenvalue weighted by atomic mass is 31.2. The first kappa shape index (κ1) is 11.1. The van der Waals surface area contributed by atoms with Gasteiger partial charge in [0.15, 0.2) is 0 Å². The molecule has 0 bridgehead atoms. The normalized spacial score (nSPS) is 15.0. The van der Waals surface area contributed by atoms with Gasteiger partial charge in [0.2, 0.25) is 6.73 Å². The van der Waals surface area contributed by atoms with Crippen molar-refractivity contribution in [3.8, 4) is 0 Å². The summed E-state index contributed by atoms with van der Waals surface area (Å²) in [5.74, 6) is 0.434. The Kier molecular flexibility index (Phi) is 3.60. The number of phosphoric ester groups is 1. The van der Waals surface area contributed by atoms with Gasteiger partial charge in [0.05, 0.1) is 6.20 Å². The molecule has 0 aliphatic carbocycles. The molecule has 0 aliphatic rings. The van der Waals surface area contributed by atoms with E-state index in [0.717, 1.165) is 7.11 Å². The third kappa shape index (κ3) is 3.08. The second-order valence-electron chi connectivity index (χ2n) is 2.50. The maximum atomic E-state index is 10.9. The Bertz CT molecular complexity index is 357. The SMILES string of the molecule is COP(=O)(O)OC[n+]1ccccc1N. The van der Waals surface area contributed by atoms with Gasteiger partial charge in [0.1, 0.15) is 0 Å². The van der Waals surface area contributed by atoms with E-state index in [0.29, 0.717) is 5.82 Å². The number of phosphoric acid groups is 1. The minimum Gasteiger partial charge on any atom is -0.302 e. The fraction of sp³-hybridized carbons (Fsp3) is 0.286. The molecule has 7 heteroatoms. The lowest BCUT2D eigenvalue weighted by Crippen LogP contribution is -2.37. The Morgan fingerprint density at radius 3 is 2.93 bits per heavy atom. The van der Waals surface area contributed by atoms with E-state index in [2.05, 4.69) is 9.05 Å². The van der Waals surface area contributed by atoms with Gasteiger partial charge in [0.25, 0.3) is 5.82 Å². The highest BCUT2D eigenvalue weighted by Gasteiger charge is 2.19. The largest absolute Gasteiger partial charge is 0.475 e. The molecule has 0 amide bonds. The second kappa shape index (κ2) is 4.52. The van der Waals surface area contributed by atoms with Crippen LogP contribution in [0.3, 0.4) is 0 Å². The van der Waals surface area contributed by atoms with E-state index < -0.39 is 7.82 Å². The molecular weight excluding hydrogens is 207 g/mol. The first-order valence-electron chi connectivity index (χ1n) is 3.82. The third-order valence-corrected chi connectivity index (χ3v) is 2.47. The Hall–Kier alpha value is -0.940. The number of nitrogens with two attached hydrogens (primary N) is 1. The van der Waals surface area contributed by atoms with Crippen molar-refractivity contribution in [3.05, 3.63) is 24.4 Å². The summed E-state index contributed by atoms with van der Waals surface area (Å²) in [6.45, 7) is -0.131. The number of nitrogen functional groups attached to an aromatic ring is 1. The third-order valence-electron chi connectivity index (χ3n) is 1.57. The Morgan fingerprint density at radius 1 is 1.64 bits per heavy atom. The number of hydrogen-bond donors (Lipinski definition) is 2. The minimum atomic E-state index is -3.94. The van der Waals surface area contributed by atoms with Crippen LogP contribution in [0, 0.1) is 0 Å². The fourth-order valence-electron chi connectivity index (χ4n) is 0.795. The maximum absolute atomic E-state index is 10.9. The quantitative estimate of drug-likeness (QED) is 0.561. The molecule has 1 aromatic rings. The van der Waals surface area contributed by atoms with Gasteiger partial charge in [-0.05, 0) is 6.07 Å². The number of pyridine rings is 1. The molecule has 1 heterocycles. The van der Waals surface area contributed by atoms with E-state index in [1.165, 1.54) is 4.57 Å². The topological polar surface area (TPSA) is 85.7 Å². The van der Waals surface area contributed by atoms with E-state index in [1.54, 1.807) is 24.4 Å². The van der Waals surface area contributed by atoms with Gasteiger partial charge in [0, 0.05) is 13.2 Å². The van der Waals surface area contributed by atoms with E-state index in [1.807, 2.05) is 0 Å². The van der Waals surface area contributed by atoms with Crippen LogP contribution < -0.4 is 10.3 Å². The van der Waals surface area contributed by atoms with E-state index in [4.69, 9.17) is 10.6 Å². The van der Waals surface area contributed by atoms with Crippen molar-refractivity contribution < 1.29 is 23.1 Å². The zero-order chi connectivity index (χ0) is 10.6. The van der Waals surface area contributed by atoms with E-state index in [-0.39, 0.29) is 6.73 Å². The lowest BCUT2D eigenvalue weighted by atomic mass is 10.4. The van der Waals surface area contributed by atoms with Crippen LogP contribution >= 0.6 is 7.82 Å². The van der Waals surface area contributed by atoms with E-state index >= 15 is 0 Å². The van der Waals surface area contributed by atoms with Gasteiger partial charge in [-0.3, -0.25) is 10.3 Å². The average molecular weight is 219 g/mol. The summed E-state index contributed by atoms with van der Waals surface area (Å²) in [7, 11) is -2.84. The lowest BCUT2D eigenvalue weighted by molar-refractivity contribution is -0.712. The molecule has 1 aromatic heterocycles. The molecule has 0 saturated carbocycles. The van der Waals surface area contributed by atoms with E-state index in [9.17, 15) is 4.57 Å². The highest BCUT2D eigenvalue weighted by Crippen LogP contribution is 2.41. The molecular formula is C7H12N2O4P+. The number of anilines is 1. The second-order valence-corrected chi connectivity index (χ2v) is 4.07. The van der Waals surface area contributed by atoms with Gasteiger partial charge in [-0.15, -0.1) is 0 Å². The van der Waals surface area contributed by atoms with Crippen molar-refractivity contribution in [3.63, 3.8) is 0 Å². The molecule has 0 aliphatic heterocycles. The monoisotopic (exact) mass is 219 g/mol. The Balaban J connectivity index is 2.63. The Labute approximate surface area is 81.5 Å². The molecule has 3 N–H and O–H groups in total. The van der Waals surface area contributed by atoms with Crippen molar-refractivity contribution in [1.82, 2.24) is 0 Å². The smallest absolute Gasteiger partial charge is 0.302 e. The predicted molar refractivity (Wildman–Crippen MR) is 49.0 cm³/mol. The van der Waals surface area contributed by atoms with Gasteiger partial charge in [-0.2, -0.15) is 0 Å². The molecule has 0 radical (unpaired) electrons. The maximum Gasteiger partial charge on any atom is 0.475 e. The average Bonchev–Trinajstić information content (AvgIpc) is 2.17. The van der Waals surface area contributed by atoms with Crippen LogP contribution in [-0.2, 0) is 20.3 Å². The first-order chi connectivity index (χ1) is 6.55. The van der Waals surface area contributed by atoms with Gasteiger partial charge < -0.3 is 4.89 Å². The standard InChI is InChI=1S/C7H11N2O4P/c1-12-14(10,11)13-6-9-5-3-2-4-7(9)8/h2-5,8H,6H2,1H3,(H,10,11)/p+1. The first-order valence-corrected chi connectivity index (χ1v) is 5.32. The van der Waals surface area contributed by atoms with Crippen molar-refractivity contribution >= 4 is 13.6 Å². The summed E-state index contributed by atoms with van der Waals surface area (Å²) >= 11 is 0. The molecule has 0 spiro atoms. The van der Waals surface area contributed by atoms with Crippen LogP contribution in [-0.4, -0.2) is 12.0 Å². The minimum absolute atomic E-state index is 0.131. The highest BCUT2D eigenvalue weighted by molar-refractivity contribution is 7.47. The van der Waals surface area contributed by atoms with Crippen LogP contribution in [0.15, 0.2) is 24.4 Å². The van der Waals surface area contributed by atoms with Crippen molar-refractivity contribution in [1.29, 1.82) is 0 Å². The summed E-state index contributed by atoms with van der Waals surface area (Å²) in [6.07, 6.45) is 1.63. The summed E-state index contributed by atoms with van der Waals surface area (Å²) in [4.78, 5) is 8.93. The molecule has 0 aromatic carbocycles. The molecule has 6 nitrogen and oxygen atoms in total. The molecule has 0 fully saturated rings. The van der Waals surface area contributed by atoms with Gasteiger partial charge in [-0.1, -0.05) is 6.07 Å². The summed E-state index contributed by atoms with van der Waals surface area (Å²) < 4.78 is 21.2. The molecule has 0 saturated heterocycles. The van der Waals surface area contributed by atoms with Gasteiger partial charge >= 0.3 is 7.82 Å². The number of rotatable bonds is 4. The van der Waals surface area contributed by atoms with Crippen molar-refractivity contribution in [2.24, 2.45) is 0 Å². The predicted octanol–water partition coefficient (Wildman–Crippen LogP) is 0.277. The number of aromatic nitrogens is 1. The molecule has 78 valence electrons. The lowest BCUT2D eigenvalue weighted by Gasteiger charge is -2.08. The van der Waals surface area contributed by atoms with Crippen molar-refractivity contribution in [2.45, 2.75) is 6.73 Å². The fourth-order valence-corrected chi connectivity index (χ4v) is 1.17. The van der Waals surface area contributed by atoms with Crippen LogP contribution in [0.4, 0.5) is 5.82 Å². The molecule has 14 heavy (non-hydrogen) atoms. The molecule has 1 atom stereocenters. The summed E-state index contributed by atoms with van der Waals surface area (Å²) in [5.41, 5.74) is 5.56. The molecule has 1 unspecified atom stereocenters. The van der Waals surface area contributed by atoms with Crippen LogP contribution in [0.1, 0.15) is 0 Å². The summed E-state index contributed by atoms with van der Waals surface area (Å²) in [6, 6.07) is 5.13. The van der Waals surface area contributed by atoms with Crippen molar-refractivity contribution in [2.75, 3.05) is 12.8 Å². The zero-order valence-electron chi connectivity index (χ0n) is 7.66. The zero-order valence-corrected chi connectivity index (χ0v) is 8.55. The van der Waals surface area contributed by atoms with Gasteiger partial charge in [-0.25, -0.2) is 13.7 Å². The summed E-state index contributed by atoms with van der Waals surface area (Å²) in [5, 5.41) is 0.